The molecule has 2 aliphatic heterocycles. The van der Waals surface area contributed by atoms with E-state index >= 15 is 0 Å². The maximum Gasteiger partial charge on any atom is 0.311 e. The van der Waals surface area contributed by atoms with Crippen LogP contribution in [0.5, 0.6) is 0 Å². The van der Waals surface area contributed by atoms with Crippen molar-refractivity contribution >= 4 is 35.0 Å². The number of alkyl halides is 2. The number of carbonyl (C=O) groups excluding carboxylic acids is 2. The van der Waals surface area contributed by atoms with Crippen LogP contribution in [0.15, 0.2) is 0 Å². The second kappa shape index (κ2) is 4.82. The number of Topliss-reactive ketones (excluding diaryl/α,β-unsaturated/α-hetero) is 1. The van der Waals surface area contributed by atoms with Crippen LogP contribution in [0, 0.1) is 5.41 Å². The van der Waals surface area contributed by atoms with E-state index in [2.05, 4.69) is 0 Å². The summed E-state index contributed by atoms with van der Waals surface area (Å²) in [5, 5.41) is 0. The van der Waals surface area contributed by atoms with E-state index < -0.39 is 45.6 Å². The van der Waals surface area contributed by atoms with Crippen LogP contribution in [0.1, 0.15) is 41.0 Å². The van der Waals surface area contributed by atoms with E-state index in [0.717, 1.165) is 0 Å². The van der Waals surface area contributed by atoms with E-state index in [9.17, 15) is 9.59 Å². The van der Waals surface area contributed by atoms with Crippen LogP contribution in [0.25, 0.3) is 0 Å². The van der Waals surface area contributed by atoms with E-state index in [-0.39, 0.29) is 12.2 Å². The highest BCUT2D eigenvalue weighted by molar-refractivity contribution is 6.61. The Balaban J connectivity index is 1.93. The zero-order chi connectivity index (χ0) is 17.4. The van der Waals surface area contributed by atoms with Crippen LogP contribution in [-0.4, -0.2) is 46.0 Å². The SMILES string of the molecule is CC1(C)O[C@H]2O[C@]3(CC(=O)C3(Cl)Cl)C(OC(=O)C(C)(C)C)[C@@H]2O1. The predicted molar refractivity (Wildman–Crippen MR) is 81.0 cm³/mol. The third-order valence-corrected chi connectivity index (χ3v) is 5.39. The summed E-state index contributed by atoms with van der Waals surface area (Å²) >= 11 is 12.4. The Labute approximate surface area is 144 Å². The molecule has 4 atom stereocenters. The molecule has 0 aromatic heterocycles. The first-order valence-corrected chi connectivity index (χ1v) is 8.21. The number of hydrogen-bond acceptors (Lipinski definition) is 6. The molecule has 1 unspecified atom stereocenters. The molecular formula is C15H20Cl2O6. The molecule has 3 fully saturated rings. The summed E-state index contributed by atoms with van der Waals surface area (Å²) < 4.78 is 21.2. The molecule has 1 saturated carbocycles. The molecule has 0 aromatic rings. The molecule has 0 aromatic carbocycles. The third-order valence-electron chi connectivity index (χ3n) is 4.32. The van der Waals surface area contributed by atoms with Crippen LogP contribution in [0.4, 0.5) is 0 Å². The van der Waals surface area contributed by atoms with Gasteiger partial charge >= 0.3 is 5.97 Å². The van der Waals surface area contributed by atoms with Gasteiger partial charge in [-0.3, -0.25) is 9.59 Å². The lowest BCUT2D eigenvalue weighted by molar-refractivity contribution is -0.255. The van der Waals surface area contributed by atoms with Gasteiger partial charge in [0.1, 0.15) is 0 Å². The second-order valence-corrected chi connectivity index (χ2v) is 9.05. The summed E-state index contributed by atoms with van der Waals surface area (Å²) in [6, 6.07) is 0. The largest absolute Gasteiger partial charge is 0.456 e. The molecular weight excluding hydrogens is 347 g/mol. The van der Waals surface area contributed by atoms with Crippen LogP contribution < -0.4 is 0 Å². The zero-order valence-corrected chi connectivity index (χ0v) is 15.2. The number of esters is 1. The fraction of sp³-hybridized carbons (Fsp3) is 0.867. The monoisotopic (exact) mass is 366 g/mol. The number of rotatable bonds is 1. The average Bonchev–Trinajstić information content (AvgIpc) is 2.81. The van der Waals surface area contributed by atoms with Gasteiger partial charge in [-0.2, -0.15) is 0 Å². The first kappa shape index (κ1) is 17.4. The number of hydrogen-bond donors (Lipinski definition) is 0. The van der Waals surface area contributed by atoms with Gasteiger partial charge in [-0.25, -0.2) is 0 Å². The molecule has 1 aliphatic carbocycles. The van der Waals surface area contributed by atoms with Gasteiger partial charge in [-0.05, 0) is 34.6 Å². The smallest absolute Gasteiger partial charge is 0.311 e. The highest BCUT2D eigenvalue weighted by Gasteiger charge is 2.78. The maximum atomic E-state index is 12.3. The van der Waals surface area contributed by atoms with Crippen LogP contribution in [0.3, 0.4) is 0 Å². The summed E-state index contributed by atoms with van der Waals surface area (Å²) in [6.45, 7) is 8.64. The standard InChI is InChI=1S/C15H20Cl2O6/c1-12(2,3)11(19)20-9-8-10(22-13(4,5)21-8)23-14(9)6-7(18)15(14,16)17/h8-10H,6H2,1-5H3/t8-,9?,10-,14+/m0/s1. The third kappa shape index (κ3) is 2.42. The van der Waals surface area contributed by atoms with Gasteiger partial charge < -0.3 is 18.9 Å². The first-order valence-electron chi connectivity index (χ1n) is 7.46. The van der Waals surface area contributed by atoms with Crippen molar-refractivity contribution < 1.29 is 28.5 Å². The number of carbonyl (C=O) groups is 2. The Kier molecular flexibility index (Phi) is 3.65. The molecule has 3 aliphatic rings. The Bertz CT molecular complexity index is 567. The molecule has 0 amide bonds. The van der Waals surface area contributed by atoms with Crippen molar-refractivity contribution in [3.05, 3.63) is 0 Å². The van der Waals surface area contributed by atoms with Crippen molar-refractivity contribution in [2.75, 3.05) is 0 Å². The predicted octanol–water partition coefficient (Wildman–Crippen LogP) is 2.34. The number of ketones is 1. The summed E-state index contributed by atoms with van der Waals surface area (Å²) in [4.78, 5) is 24.2. The van der Waals surface area contributed by atoms with Crippen molar-refractivity contribution in [1.29, 1.82) is 0 Å². The fourth-order valence-corrected chi connectivity index (χ4v) is 3.60. The van der Waals surface area contributed by atoms with Crippen LogP contribution in [0.2, 0.25) is 0 Å². The van der Waals surface area contributed by atoms with Crippen molar-refractivity contribution in [3.8, 4) is 0 Å². The lowest BCUT2D eigenvalue weighted by Gasteiger charge is -2.50. The molecule has 130 valence electrons. The van der Waals surface area contributed by atoms with Gasteiger partial charge in [-0.1, -0.05) is 23.2 Å². The molecule has 8 heteroatoms. The summed E-state index contributed by atoms with van der Waals surface area (Å²) in [5.41, 5.74) is -2.08. The van der Waals surface area contributed by atoms with Gasteiger partial charge in [0, 0.05) is 6.42 Å². The van der Waals surface area contributed by atoms with Crippen molar-refractivity contribution in [1.82, 2.24) is 0 Å². The molecule has 0 bridgehead atoms. The topological polar surface area (TPSA) is 71.1 Å². The molecule has 6 nitrogen and oxygen atoms in total. The Morgan fingerprint density at radius 2 is 1.83 bits per heavy atom. The number of fused-ring (bicyclic) bond motifs is 1. The molecule has 0 N–H and O–H groups in total. The fourth-order valence-electron chi connectivity index (χ4n) is 3.03. The van der Waals surface area contributed by atoms with Crippen molar-refractivity contribution in [2.24, 2.45) is 5.41 Å². The van der Waals surface area contributed by atoms with Crippen LogP contribution >= 0.6 is 23.2 Å². The average molecular weight is 367 g/mol. The van der Waals surface area contributed by atoms with E-state index in [1.807, 2.05) is 0 Å². The van der Waals surface area contributed by atoms with Crippen molar-refractivity contribution in [3.63, 3.8) is 0 Å². The van der Waals surface area contributed by atoms with E-state index in [1.165, 1.54) is 0 Å². The zero-order valence-electron chi connectivity index (χ0n) is 13.6. The molecule has 23 heavy (non-hydrogen) atoms. The second-order valence-electron chi connectivity index (χ2n) is 7.73. The van der Waals surface area contributed by atoms with Gasteiger partial charge in [0.25, 0.3) is 0 Å². The van der Waals surface area contributed by atoms with Gasteiger partial charge in [0.05, 0.1) is 5.41 Å². The lowest BCUT2D eigenvalue weighted by atomic mass is 9.73. The normalized spacial score (nSPS) is 40.8. The number of ether oxygens (including phenoxy) is 4. The molecule has 0 radical (unpaired) electrons. The van der Waals surface area contributed by atoms with E-state index in [4.69, 9.17) is 42.1 Å². The minimum atomic E-state index is -1.79. The Morgan fingerprint density at radius 3 is 2.30 bits per heavy atom. The van der Waals surface area contributed by atoms with Gasteiger partial charge in [-0.15, -0.1) is 0 Å². The summed E-state index contributed by atoms with van der Waals surface area (Å²) in [7, 11) is 0. The Hall–Kier alpha value is -0.400. The highest BCUT2D eigenvalue weighted by atomic mass is 35.5. The lowest BCUT2D eigenvalue weighted by Crippen LogP contribution is -2.70. The Morgan fingerprint density at radius 1 is 1.22 bits per heavy atom. The molecule has 2 heterocycles. The highest BCUT2D eigenvalue weighted by Crippen LogP contribution is 2.60. The summed E-state index contributed by atoms with van der Waals surface area (Å²) in [6.07, 6.45) is -2.47. The van der Waals surface area contributed by atoms with Gasteiger partial charge in [0.15, 0.2) is 35.7 Å². The molecule has 1 spiro atoms. The summed E-state index contributed by atoms with van der Waals surface area (Å²) in [5.74, 6) is -1.72. The molecule has 3 rings (SSSR count). The number of halogens is 2. The quantitative estimate of drug-likeness (QED) is 0.523. The maximum absolute atomic E-state index is 12.3. The molecule has 2 saturated heterocycles. The van der Waals surface area contributed by atoms with Crippen LogP contribution in [-0.2, 0) is 28.5 Å². The minimum absolute atomic E-state index is 0.0533. The van der Waals surface area contributed by atoms with E-state index in [0.29, 0.717) is 0 Å². The van der Waals surface area contributed by atoms with Crippen molar-refractivity contribution in [2.45, 2.75) is 75.3 Å². The first-order chi connectivity index (χ1) is 10.3. The minimum Gasteiger partial charge on any atom is -0.456 e. The van der Waals surface area contributed by atoms with E-state index in [1.54, 1.807) is 34.6 Å². The van der Waals surface area contributed by atoms with Gasteiger partial charge in [0.2, 0.25) is 4.33 Å².